The zero-order chi connectivity index (χ0) is 25.0. The molecule has 0 aliphatic heterocycles. The number of aromatic nitrogens is 2. The predicted octanol–water partition coefficient (Wildman–Crippen LogP) is 5.16. The van der Waals surface area contributed by atoms with Crippen LogP contribution in [0.15, 0.2) is 77.7 Å². The highest BCUT2D eigenvalue weighted by molar-refractivity contribution is 7.92. The number of nitrogens with one attached hydrogen (secondary N) is 1. The Morgan fingerprint density at radius 3 is 2.29 bits per heavy atom. The number of ether oxygens (including phenoxy) is 3. The summed E-state index contributed by atoms with van der Waals surface area (Å²) in [6.07, 6.45) is 0. The maximum Gasteiger partial charge on any atom is 0.262 e. The highest BCUT2D eigenvalue weighted by atomic mass is 32.2. The average Bonchev–Trinajstić information content (AvgIpc) is 3.11. The van der Waals surface area contributed by atoms with E-state index >= 15 is 0 Å². The Morgan fingerprint density at radius 2 is 1.57 bits per heavy atom. The molecule has 0 spiro atoms. The van der Waals surface area contributed by atoms with Crippen LogP contribution in [-0.2, 0) is 16.6 Å². The van der Waals surface area contributed by atoms with Crippen molar-refractivity contribution >= 4 is 15.7 Å². The van der Waals surface area contributed by atoms with Gasteiger partial charge in [0.25, 0.3) is 10.0 Å². The average molecular weight is 494 g/mol. The summed E-state index contributed by atoms with van der Waals surface area (Å²) in [5.41, 5.74) is 2.68. The molecule has 0 saturated carbocycles. The molecule has 0 bridgehead atoms. The molecule has 0 fully saturated rings. The molecule has 4 rings (SSSR count). The second kappa shape index (κ2) is 10.1. The zero-order valence-corrected chi connectivity index (χ0v) is 20.8. The first-order valence-electron chi connectivity index (χ1n) is 10.9. The van der Waals surface area contributed by atoms with Gasteiger partial charge in [-0.3, -0.25) is 9.40 Å². The fourth-order valence-electron chi connectivity index (χ4n) is 3.68. The quantitative estimate of drug-likeness (QED) is 0.346. The molecule has 0 saturated heterocycles. The first-order valence-corrected chi connectivity index (χ1v) is 12.4. The molecule has 4 aromatic rings. The van der Waals surface area contributed by atoms with Gasteiger partial charge in [-0.1, -0.05) is 30.3 Å². The molecule has 1 aromatic heterocycles. The predicted molar refractivity (Wildman–Crippen MR) is 134 cm³/mol. The van der Waals surface area contributed by atoms with Gasteiger partial charge in [-0.05, 0) is 55.8 Å². The van der Waals surface area contributed by atoms with Gasteiger partial charge in [0, 0.05) is 6.07 Å². The van der Waals surface area contributed by atoms with Crippen molar-refractivity contribution < 1.29 is 22.6 Å². The zero-order valence-electron chi connectivity index (χ0n) is 20.0. The summed E-state index contributed by atoms with van der Waals surface area (Å²) in [6.45, 7) is 4.05. The molecule has 0 amide bonds. The van der Waals surface area contributed by atoms with Crippen molar-refractivity contribution in [3.63, 3.8) is 0 Å². The van der Waals surface area contributed by atoms with E-state index in [1.54, 1.807) is 17.7 Å². The maximum absolute atomic E-state index is 13.1. The molecule has 0 aliphatic rings. The Labute approximate surface area is 205 Å². The molecule has 0 atom stereocenters. The number of hydrogen-bond acceptors (Lipinski definition) is 6. The van der Waals surface area contributed by atoms with E-state index in [0.717, 1.165) is 11.3 Å². The monoisotopic (exact) mass is 493 g/mol. The molecule has 182 valence electrons. The molecule has 35 heavy (non-hydrogen) atoms. The number of rotatable bonds is 9. The summed E-state index contributed by atoms with van der Waals surface area (Å²) in [6, 6.07) is 21.7. The van der Waals surface area contributed by atoms with Crippen LogP contribution in [0.4, 0.5) is 5.69 Å². The molecular weight excluding hydrogens is 466 g/mol. The second-order valence-electron chi connectivity index (χ2n) is 7.89. The van der Waals surface area contributed by atoms with Gasteiger partial charge in [0.05, 0.1) is 42.7 Å². The molecule has 0 unspecified atom stereocenters. The highest BCUT2D eigenvalue weighted by Crippen LogP contribution is 2.31. The molecular formula is C26H27N3O5S. The summed E-state index contributed by atoms with van der Waals surface area (Å²) in [4.78, 5) is 0.0625. The smallest absolute Gasteiger partial charge is 0.262 e. The topological polar surface area (TPSA) is 91.7 Å². The lowest BCUT2D eigenvalue weighted by molar-refractivity contribution is 0.354. The van der Waals surface area contributed by atoms with E-state index in [4.69, 9.17) is 14.2 Å². The van der Waals surface area contributed by atoms with Gasteiger partial charge in [-0.25, -0.2) is 8.42 Å². The number of nitrogens with zero attached hydrogens (tertiary/aromatic N) is 2. The van der Waals surface area contributed by atoms with Gasteiger partial charge in [0.2, 0.25) is 0 Å². The lowest BCUT2D eigenvalue weighted by Crippen LogP contribution is -2.14. The SMILES string of the molecule is COc1ccc(S(=O)(=O)Nc2c(C)nn(Cc3cccc(Oc4ccccc4)c3)c2C)cc1OC. The fourth-order valence-corrected chi connectivity index (χ4v) is 4.87. The van der Waals surface area contributed by atoms with Crippen molar-refractivity contribution in [1.29, 1.82) is 0 Å². The van der Waals surface area contributed by atoms with Crippen LogP contribution in [0.2, 0.25) is 0 Å². The third-order valence-corrected chi connectivity index (χ3v) is 6.84. The van der Waals surface area contributed by atoms with Crippen molar-refractivity contribution in [2.24, 2.45) is 0 Å². The summed E-state index contributed by atoms with van der Waals surface area (Å²) in [5, 5.41) is 4.56. The third kappa shape index (κ3) is 5.41. The van der Waals surface area contributed by atoms with Crippen LogP contribution in [0, 0.1) is 13.8 Å². The summed E-state index contributed by atoms with van der Waals surface area (Å²) in [5.74, 6) is 2.24. The minimum atomic E-state index is -3.88. The Bertz CT molecular complexity index is 1430. The van der Waals surface area contributed by atoms with Crippen LogP contribution in [-0.4, -0.2) is 32.4 Å². The fraction of sp³-hybridized carbons (Fsp3) is 0.192. The molecule has 1 N–H and O–H groups in total. The number of methoxy groups -OCH3 is 2. The van der Waals surface area contributed by atoms with Gasteiger partial charge >= 0.3 is 0 Å². The third-order valence-electron chi connectivity index (χ3n) is 5.49. The normalized spacial score (nSPS) is 11.2. The Morgan fingerprint density at radius 1 is 0.857 bits per heavy atom. The first kappa shape index (κ1) is 24.2. The maximum atomic E-state index is 13.1. The van der Waals surface area contributed by atoms with E-state index in [-0.39, 0.29) is 4.90 Å². The van der Waals surface area contributed by atoms with Crippen LogP contribution in [0.1, 0.15) is 17.0 Å². The number of para-hydroxylation sites is 1. The van der Waals surface area contributed by atoms with Crippen molar-refractivity contribution in [3.8, 4) is 23.0 Å². The van der Waals surface area contributed by atoms with E-state index in [2.05, 4.69) is 9.82 Å². The number of aryl methyl sites for hydroxylation is 1. The number of hydrogen-bond donors (Lipinski definition) is 1. The Kier molecular flexibility index (Phi) is 6.97. The van der Waals surface area contributed by atoms with Gasteiger partial charge in [-0.2, -0.15) is 5.10 Å². The van der Waals surface area contributed by atoms with Crippen molar-refractivity contribution in [3.05, 3.63) is 89.7 Å². The Hall–Kier alpha value is -3.98. The highest BCUT2D eigenvalue weighted by Gasteiger charge is 2.22. The van der Waals surface area contributed by atoms with Crippen LogP contribution in [0.25, 0.3) is 0 Å². The minimum Gasteiger partial charge on any atom is -0.493 e. The molecule has 0 aliphatic carbocycles. The summed E-state index contributed by atoms with van der Waals surface area (Å²) in [7, 11) is -0.922. The van der Waals surface area contributed by atoms with Crippen molar-refractivity contribution in [2.75, 3.05) is 18.9 Å². The van der Waals surface area contributed by atoms with Gasteiger partial charge in [0.15, 0.2) is 11.5 Å². The summed E-state index contributed by atoms with van der Waals surface area (Å²) < 4.78 is 47.0. The minimum absolute atomic E-state index is 0.0625. The van der Waals surface area contributed by atoms with Gasteiger partial charge in [0.1, 0.15) is 11.5 Å². The number of benzene rings is 3. The van der Waals surface area contributed by atoms with Gasteiger partial charge in [-0.15, -0.1) is 0 Å². The van der Waals surface area contributed by atoms with Crippen LogP contribution >= 0.6 is 0 Å². The van der Waals surface area contributed by atoms with Gasteiger partial charge < -0.3 is 14.2 Å². The summed E-state index contributed by atoms with van der Waals surface area (Å²) >= 11 is 0. The number of anilines is 1. The standard InChI is InChI=1S/C26H27N3O5S/c1-18-26(28-35(30,31)23-13-14-24(32-3)25(16-23)33-4)19(2)29(27-18)17-20-9-8-12-22(15-20)34-21-10-6-5-7-11-21/h5-16,28H,17H2,1-4H3. The molecule has 1 heterocycles. The van der Waals surface area contributed by atoms with E-state index in [9.17, 15) is 8.42 Å². The first-order chi connectivity index (χ1) is 16.8. The van der Waals surface area contributed by atoms with Crippen molar-refractivity contribution in [2.45, 2.75) is 25.3 Å². The molecule has 9 heteroatoms. The van der Waals surface area contributed by atoms with E-state index < -0.39 is 10.0 Å². The van der Waals surface area contributed by atoms with Crippen LogP contribution in [0.5, 0.6) is 23.0 Å². The largest absolute Gasteiger partial charge is 0.493 e. The van der Waals surface area contributed by atoms with E-state index in [1.165, 1.54) is 26.4 Å². The lowest BCUT2D eigenvalue weighted by Gasteiger charge is -2.12. The van der Waals surface area contributed by atoms with E-state index in [1.807, 2.05) is 61.5 Å². The molecule has 3 aromatic carbocycles. The Balaban J connectivity index is 1.55. The molecule has 0 radical (unpaired) electrons. The second-order valence-corrected chi connectivity index (χ2v) is 9.57. The molecule has 8 nitrogen and oxygen atoms in total. The van der Waals surface area contributed by atoms with E-state index in [0.29, 0.717) is 40.9 Å². The van der Waals surface area contributed by atoms with Crippen molar-refractivity contribution in [1.82, 2.24) is 9.78 Å². The lowest BCUT2D eigenvalue weighted by atomic mass is 10.2. The number of sulfonamides is 1. The van der Waals surface area contributed by atoms with Crippen LogP contribution in [0.3, 0.4) is 0 Å². The van der Waals surface area contributed by atoms with Crippen LogP contribution < -0.4 is 18.9 Å².